The Morgan fingerprint density at radius 1 is 1.56 bits per heavy atom. The predicted molar refractivity (Wildman–Crippen MR) is 63.8 cm³/mol. The van der Waals surface area contributed by atoms with Crippen molar-refractivity contribution in [2.24, 2.45) is 0 Å². The number of hydrogen-bond acceptors (Lipinski definition) is 3. The van der Waals surface area contributed by atoms with Gasteiger partial charge in [-0.15, -0.1) is 0 Å². The first kappa shape index (κ1) is 12.9. The van der Waals surface area contributed by atoms with E-state index in [1.165, 1.54) is 6.20 Å². The molecule has 0 unspecified atom stereocenters. The molecule has 0 aromatic carbocycles. The summed E-state index contributed by atoms with van der Waals surface area (Å²) in [6.07, 6.45) is 1.49. The minimum atomic E-state index is -0.170. The lowest BCUT2D eigenvalue weighted by Crippen LogP contribution is -2.27. The first-order chi connectivity index (χ1) is 7.47. The smallest absolute Gasteiger partial charge is 0.273 e. The van der Waals surface area contributed by atoms with Gasteiger partial charge in [0.05, 0.1) is 11.2 Å². The van der Waals surface area contributed by atoms with Crippen LogP contribution in [0.15, 0.2) is 6.20 Å². The SMILES string of the molecule is CCN(C)C(=O)c1nc(C(C)C)ncc1Cl. The van der Waals surface area contributed by atoms with E-state index in [4.69, 9.17) is 11.6 Å². The molecule has 1 amide bonds. The summed E-state index contributed by atoms with van der Waals surface area (Å²) in [7, 11) is 1.72. The van der Waals surface area contributed by atoms with Crippen LogP contribution >= 0.6 is 11.6 Å². The highest BCUT2D eigenvalue weighted by Gasteiger charge is 2.17. The molecular weight excluding hydrogens is 226 g/mol. The summed E-state index contributed by atoms with van der Waals surface area (Å²) in [4.78, 5) is 21.8. The van der Waals surface area contributed by atoms with Gasteiger partial charge in [-0.05, 0) is 6.92 Å². The summed E-state index contributed by atoms with van der Waals surface area (Å²) in [5.41, 5.74) is 0.282. The number of nitrogens with zero attached hydrogens (tertiary/aromatic N) is 3. The third kappa shape index (κ3) is 2.70. The van der Waals surface area contributed by atoms with Crippen molar-refractivity contribution in [2.45, 2.75) is 26.7 Å². The summed E-state index contributed by atoms with van der Waals surface area (Å²) in [5.74, 6) is 0.643. The quantitative estimate of drug-likeness (QED) is 0.816. The van der Waals surface area contributed by atoms with Gasteiger partial charge >= 0.3 is 0 Å². The van der Waals surface area contributed by atoms with Gasteiger partial charge in [-0.3, -0.25) is 4.79 Å². The Bertz CT molecular complexity index is 393. The zero-order valence-electron chi connectivity index (χ0n) is 9.99. The molecule has 0 radical (unpaired) electrons. The highest BCUT2D eigenvalue weighted by Crippen LogP contribution is 2.17. The normalized spacial score (nSPS) is 10.6. The molecule has 0 aliphatic carbocycles. The van der Waals surface area contributed by atoms with Crippen molar-refractivity contribution in [2.75, 3.05) is 13.6 Å². The Kier molecular flexibility index (Phi) is 4.24. The Balaban J connectivity index is 3.12. The van der Waals surface area contributed by atoms with Gasteiger partial charge in [0, 0.05) is 19.5 Å². The average molecular weight is 242 g/mol. The second-order valence-corrected chi connectivity index (χ2v) is 4.31. The number of hydrogen-bond donors (Lipinski definition) is 0. The van der Waals surface area contributed by atoms with Crippen molar-refractivity contribution in [1.29, 1.82) is 0 Å². The van der Waals surface area contributed by atoms with E-state index in [-0.39, 0.29) is 17.5 Å². The van der Waals surface area contributed by atoms with Crippen LogP contribution in [0.25, 0.3) is 0 Å². The molecule has 1 aromatic heterocycles. The minimum absolute atomic E-state index is 0.170. The molecule has 0 saturated carbocycles. The first-order valence-electron chi connectivity index (χ1n) is 5.25. The van der Waals surface area contributed by atoms with Crippen molar-refractivity contribution in [3.8, 4) is 0 Å². The predicted octanol–water partition coefficient (Wildman–Crippen LogP) is 2.35. The van der Waals surface area contributed by atoms with Crippen molar-refractivity contribution in [1.82, 2.24) is 14.9 Å². The second-order valence-electron chi connectivity index (χ2n) is 3.90. The minimum Gasteiger partial charge on any atom is -0.341 e. The monoisotopic (exact) mass is 241 g/mol. The van der Waals surface area contributed by atoms with Crippen LogP contribution in [0.1, 0.15) is 43.0 Å². The Morgan fingerprint density at radius 2 is 2.19 bits per heavy atom. The van der Waals surface area contributed by atoms with Crippen molar-refractivity contribution in [3.05, 3.63) is 22.7 Å². The van der Waals surface area contributed by atoms with Gasteiger partial charge in [0.25, 0.3) is 5.91 Å². The van der Waals surface area contributed by atoms with Gasteiger partial charge in [0.2, 0.25) is 0 Å². The molecule has 0 aliphatic rings. The molecule has 4 nitrogen and oxygen atoms in total. The number of carbonyl (C=O) groups excluding carboxylic acids is 1. The fourth-order valence-electron chi connectivity index (χ4n) is 1.13. The molecule has 0 atom stereocenters. The molecule has 0 saturated heterocycles. The van der Waals surface area contributed by atoms with Crippen LogP contribution in [0.2, 0.25) is 5.02 Å². The molecule has 0 spiro atoms. The van der Waals surface area contributed by atoms with Gasteiger partial charge in [0.1, 0.15) is 5.82 Å². The maximum Gasteiger partial charge on any atom is 0.273 e. The summed E-state index contributed by atoms with van der Waals surface area (Å²) in [5, 5.41) is 0.301. The summed E-state index contributed by atoms with van der Waals surface area (Å²) >= 11 is 5.92. The fraction of sp³-hybridized carbons (Fsp3) is 0.545. The molecule has 1 aromatic rings. The second kappa shape index (κ2) is 5.25. The maximum absolute atomic E-state index is 11.9. The lowest BCUT2D eigenvalue weighted by atomic mass is 10.2. The largest absolute Gasteiger partial charge is 0.341 e. The fourth-order valence-corrected chi connectivity index (χ4v) is 1.31. The van der Waals surface area contributed by atoms with Crippen LogP contribution in [-0.2, 0) is 0 Å². The van der Waals surface area contributed by atoms with Crippen LogP contribution in [0.3, 0.4) is 0 Å². The maximum atomic E-state index is 11.9. The summed E-state index contributed by atoms with van der Waals surface area (Å²) in [6, 6.07) is 0. The zero-order chi connectivity index (χ0) is 12.3. The van der Waals surface area contributed by atoms with Crippen molar-refractivity contribution in [3.63, 3.8) is 0 Å². The van der Waals surface area contributed by atoms with Crippen LogP contribution in [0.4, 0.5) is 0 Å². The molecule has 0 bridgehead atoms. The van der Waals surface area contributed by atoms with Gasteiger partial charge < -0.3 is 4.90 Å². The first-order valence-corrected chi connectivity index (χ1v) is 5.63. The highest BCUT2D eigenvalue weighted by molar-refractivity contribution is 6.33. The van der Waals surface area contributed by atoms with Gasteiger partial charge in [-0.1, -0.05) is 25.4 Å². The van der Waals surface area contributed by atoms with Crippen molar-refractivity contribution < 1.29 is 4.79 Å². The Morgan fingerprint density at radius 3 is 2.69 bits per heavy atom. The van der Waals surface area contributed by atoms with Crippen molar-refractivity contribution >= 4 is 17.5 Å². The van der Waals surface area contributed by atoms with Gasteiger partial charge in [-0.25, -0.2) is 9.97 Å². The topological polar surface area (TPSA) is 46.1 Å². The van der Waals surface area contributed by atoms with E-state index < -0.39 is 0 Å². The van der Waals surface area contributed by atoms with E-state index >= 15 is 0 Å². The number of halogens is 1. The van der Waals surface area contributed by atoms with E-state index in [2.05, 4.69) is 9.97 Å². The lowest BCUT2D eigenvalue weighted by Gasteiger charge is -2.15. The molecule has 0 N–H and O–H groups in total. The van der Waals surface area contributed by atoms with Gasteiger partial charge in [0.15, 0.2) is 5.69 Å². The molecule has 0 aliphatic heterocycles. The third-order valence-electron chi connectivity index (χ3n) is 2.30. The van der Waals surface area contributed by atoms with E-state index in [1.54, 1.807) is 11.9 Å². The van der Waals surface area contributed by atoms with E-state index in [1.807, 2.05) is 20.8 Å². The molecule has 1 rings (SSSR count). The standard InChI is InChI=1S/C11H16ClN3O/c1-5-15(4)11(16)9-8(12)6-13-10(14-9)7(2)3/h6-7H,5H2,1-4H3. The third-order valence-corrected chi connectivity index (χ3v) is 2.58. The van der Waals surface area contributed by atoms with Crippen LogP contribution in [0, 0.1) is 0 Å². The summed E-state index contributed by atoms with van der Waals surface area (Å²) < 4.78 is 0. The number of amides is 1. The van der Waals surface area contributed by atoms with E-state index in [0.29, 0.717) is 17.4 Å². The number of rotatable bonds is 3. The lowest BCUT2D eigenvalue weighted by molar-refractivity contribution is 0.0796. The summed E-state index contributed by atoms with van der Waals surface area (Å²) in [6.45, 7) is 6.47. The Labute approximate surface area is 101 Å². The van der Waals surface area contributed by atoms with Gasteiger partial charge in [-0.2, -0.15) is 0 Å². The number of carbonyl (C=O) groups is 1. The van der Waals surface area contributed by atoms with Crippen LogP contribution in [-0.4, -0.2) is 34.4 Å². The van der Waals surface area contributed by atoms with Crippen LogP contribution in [0.5, 0.6) is 0 Å². The molecule has 5 heteroatoms. The van der Waals surface area contributed by atoms with E-state index in [9.17, 15) is 4.79 Å². The molecule has 0 fully saturated rings. The highest BCUT2D eigenvalue weighted by atomic mass is 35.5. The molecular formula is C11H16ClN3O. The Hall–Kier alpha value is -1.16. The molecule has 16 heavy (non-hydrogen) atoms. The van der Waals surface area contributed by atoms with Crippen LogP contribution < -0.4 is 0 Å². The average Bonchev–Trinajstić information content (AvgIpc) is 2.27. The molecule has 88 valence electrons. The molecule has 1 heterocycles. The number of aromatic nitrogens is 2. The zero-order valence-corrected chi connectivity index (χ0v) is 10.7. The van der Waals surface area contributed by atoms with E-state index in [0.717, 1.165) is 0 Å².